The van der Waals surface area contributed by atoms with Gasteiger partial charge in [-0.2, -0.15) is 0 Å². The van der Waals surface area contributed by atoms with Gasteiger partial charge in [0, 0.05) is 26.1 Å². The molecular formula is C24H29N3O5S. The number of carbonyl (C=O) groups excluding carboxylic acids is 3. The summed E-state index contributed by atoms with van der Waals surface area (Å²) in [4.78, 5) is 39.9. The lowest BCUT2D eigenvalue weighted by Crippen LogP contribution is -2.49. The van der Waals surface area contributed by atoms with Crippen LogP contribution in [-0.4, -0.2) is 54.5 Å². The molecule has 0 saturated carbocycles. The van der Waals surface area contributed by atoms with Crippen LogP contribution in [0.5, 0.6) is 0 Å². The van der Waals surface area contributed by atoms with Crippen molar-refractivity contribution in [3.05, 3.63) is 65.7 Å². The molecule has 0 aliphatic carbocycles. The number of nitrogens with one attached hydrogen (secondary N) is 1. The van der Waals surface area contributed by atoms with E-state index in [2.05, 4.69) is 5.32 Å². The molecular weight excluding hydrogens is 442 g/mol. The maximum absolute atomic E-state index is 13.2. The van der Waals surface area contributed by atoms with Crippen molar-refractivity contribution in [1.29, 1.82) is 0 Å². The lowest BCUT2D eigenvalue weighted by Gasteiger charge is -2.30. The molecule has 1 unspecified atom stereocenters. The minimum Gasteiger partial charge on any atom is -0.355 e. The molecule has 33 heavy (non-hydrogen) atoms. The van der Waals surface area contributed by atoms with E-state index in [-0.39, 0.29) is 48.2 Å². The summed E-state index contributed by atoms with van der Waals surface area (Å²) in [6, 6.07) is 14.8. The zero-order valence-corrected chi connectivity index (χ0v) is 19.7. The van der Waals surface area contributed by atoms with Crippen LogP contribution in [0.2, 0.25) is 0 Å². The molecule has 0 spiro atoms. The number of benzene rings is 2. The highest BCUT2D eigenvalue weighted by Gasteiger charge is 2.40. The number of likely N-dealkylation sites (N-methyl/N-ethyl adjacent to an activating group) is 1. The average Bonchev–Trinajstić information content (AvgIpc) is 3.00. The Morgan fingerprint density at radius 3 is 2.33 bits per heavy atom. The van der Waals surface area contributed by atoms with Crippen molar-refractivity contribution in [2.24, 2.45) is 0 Å². The molecule has 0 saturated heterocycles. The Bertz CT molecular complexity index is 1120. The first-order chi connectivity index (χ1) is 15.8. The second-order valence-electron chi connectivity index (χ2n) is 7.81. The van der Waals surface area contributed by atoms with Gasteiger partial charge in [0.15, 0.2) is 0 Å². The standard InChI is InChI=1S/C24H29N3O5S/c1-3-20(23(29)25-4-2)26(17-18-11-6-5-7-12-18)22(28)15-10-16-27-24(30)19-13-8-9-14-21(19)33(27,31)32/h5-9,11-14,20H,3-4,10,15-17H2,1-2H3,(H,25,29). The fourth-order valence-electron chi connectivity index (χ4n) is 3.96. The normalized spacial score (nSPS) is 15.1. The van der Waals surface area contributed by atoms with Crippen LogP contribution in [0.1, 0.15) is 49.0 Å². The highest BCUT2D eigenvalue weighted by molar-refractivity contribution is 7.90. The van der Waals surface area contributed by atoms with E-state index in [4.69, 9.17) is 0 Å². The fourth-order valence-corrected chi connectivity index (χ4v) is 5.57. The van der Waals surface area contributed by atoms with E-state index in [1.165, 1.54) is 17.0 Å². The molecule has 2 aromatic rings. The Kier molecular flexibility index (Phi) is 7.86. The van der Waals surface area contributed by atoms with E-state index in [1.807, 2.05) is 44.2 Å². The van der Waals surface area contributed by atoms with Gasteiger partial charge in [0.2, 0.25) is 11.8 Å². The molecule has 1 aliphatic rings. The van der Waals surface area contributed by atoms with Crippen molar-refractivity contribution in [1.82, 2.24) is 14.5 Å². The summed E-state index contributed by atoms with van der Waals surface area (Å²) in [5.74, 6) is -1.07. The number of fused-ring (bicyclic) bond motifs is 1. The Balaban J connectivity index is 1.72. The molecule has 3 rings (SSSR count). The van der Waals surface area contributed by atoms with Crippen LogP contribution < -0.4 is 5.32 Å². The van der Waals surface area contributed by atoms with E-state index in [9.17, 15) is 22.8 Å². The maximum atomic E-state index is 13.2. The predicted octanol–water partition coefficient (Wildman–Crippen LogP) is 2.55. The predicted molar refractivity (Wildman–Crippen MR) is 124 cm³/mol. The number of nitrogens with zero attached hydrogens (tertiary/aromatic N) is 2. The quantitative estimate of drug-likeness (QED) is 0.574. The summed E-state index contributed by atoms with van der Waals surface area (Å²) in [6.07, 6.45) is 0.617. The van der Waals surface area contributed by atoms with Crippen molar-refractivity contribution in [3.8, 4) is 0 Å². The van der Waals surface area contributed by atoms with Crippen molar-refractivity contribution in [2.75, 3.05) is 13.1 Å². The topological polar surface area (TPSA) is 104 Å². The SMILES string of the molecule is CCNC(=O)C(CC)N(Cc1ccccc1)C(=O)CCCN1C(=O)c2ccccc2S1(=O)=O. The third-order valence-electron chi connectivity index (χ3n) is 5.60. The van der Waals surface area contributed by atoms with Crippen molar-refractivity contribution in [3.63, 3.8) is 0 Å². The van der Waals surface area contributed by atoms with Crippen LogP contribution in [0.3, 0.4) is 0 Å². The molecule has 8 nitrogen and oxygen atoms in total. The lowest BCUT2D eigenvalue weighted by molar-refractivity contribution is -0.141. The number of carbonyl (C=O) groups is 3. The summed E-state index contributed by atoms with van der Waals surface area (Å²) in [5.41, 5.74) is 1.04. The summed E-state index contributed by atoms with van der Waals surface area (Å²) in [5, 5.41) is 2.78. The van der Waals surface area contributed by atoms with Crippen LogP contribution in [0.25, 0.3) is 0 Å². The number of sulfonamides is 1. The highest BCUT2D eigenvalue weighted by Crippen LogP contribution is 2.30. The maximum Gasteiger partial charge on any atom is 0.269 e. The molecule has 2 aromatic carbocycles. The lowest BCUT2D eigenvalue weighted by atomic mass is 10.1. The van der Waals surface area contributed by atoms with Gasteiger partial charge < -0.3 is 10.2 Å². The van der Waals surface area contributed by atoms with Crippen LogP contribution >= 0.6 is 0 Å². The van der Waals surface area contributed by atoms with Crippen molar-refractivity contribution < 1.29 is 22.8 Å². The zero-order chi connectivity index (χ0) is 24.0. The first-order valence-corrected chi connectivity index (χ1v) is 12.5. The van der Waals surface area contributed by atoms with Gasteiger partial charge in [0.1, 0.15) is 10.9 Å². The first kappa shape index (κ1) is 24.4. The van der Waals surface area contributed by atoms with Crippen molar-refractivity contribution >= 4 is 27.7 Å². The molecule has 3 amide bonds. The molecule has 9 heteroatoms. The first-order valence-electron chi connectivity index (χ1n) is 11.1. The Labute approximate surface area is 194 Å². The number of hydrogen-bond donors (Lipinski definition) is 1. The van der Waals surface area contributed by atoms with E-state index >= 15 is 0 Å². The van der Waals surface area contributed by atoms with Gasteiger partial charge in [-0.05, 0) is 37.5 Å². The fraction of sp³-hybridized carbons (Fsp3) is 0.375. The molecule has 1 atom stereocenters. The summed E-state index contributed by atoms with van der Waals surface area (Å²) in [6.45, 7) is 4.29. The average molecular weight is 472 g/mol. The Morgan fingerprint density at radius 1 is 1.03 bits per heavy atom. The highest BCUT2D eigenvalue weighted by atomic mass is 32.2. The molecule has 0 aromatic heterocycles. The smallest absolute Gasteiger partial charge is 0.269 e. The summed E-state index contributed by atoms with van der Waals surface area (Å²) in [7, 11) is -3.91. The van der Waals surface area contributed by atoms with Gasteiger partial charge in [-0.3, -0.25) is 14.4 Å². The summed E-state index contributed by atoms with van der Waals surface area (Å²) >= 11 is 0. The van der Waals surface area contributed by atoms with Crippen LogP contribution in [0.15, 0.2) is 59.5 Å². The largest absolute Gasteiger partial charge is 0.355 e. The van der Waals surface area contributed by atoms with Crippen LogP contribution in [-0.2, 0) is 26.2 Å². The molecule has 0 fully saturated rings. The molecule has 0 bridgehead atoms. The Morgan fingerprint density at radius 2 is 1.70 bits per heavy atom. The van der Waals surface area contributed by atoms with Crippen LogP contribution in [0, 0.1) is 0 Å². The van der Waals surface area contributed by atoms with Gasteiger partial charge in [0.05, 0.1) is 5.56 Å². The van der Waals surface area contributed by atoms with Crippen molar-refractivity contribution in [2.45, 2.75) is 50.6 Å². The van der Waals surface area contributed by atoms with Gasteiger partial charge in [-0.1, -0.05) is 49.4 Å². The second kappa shape index (κ2) is 10.6. The second-order valence-corrected chi connectivity index (χ2v) is 9.64. The molecule has 1 aliphatic heterocycles. The minimum absolute atomic E-state index is 0.00526. The minimum atomic E-state index is -3.91. The van der Waals surface area contributed by atoms with Gasteiger partial charge in [-0.15, -0.1) is 0 Å². The number of rotatable bonds is 10. The van der Waals surface area contributed by atoms with E-state index < -0.39 is 22.0 Å². The van der Waals surface area contributed by atoms with E-state index in [0.717, 1.165) is 9.87 Å². The van der Waals surface area contributed by atoms with Crippen LogP contribution in [0.4, 0.5) is 0 Å². The van der Waals surface area contributed by atoms with Gasteiger partial charge in [-0.25, -0.2) is 12.7 Å². The third-order valence-corrected chi connectivity index (χ3v) is 7.44. The van der Waals surface area contributed by atoms with E-state index in [1.54, 1.807) is 12.1 Å². The number of hydrogen-bond acceptors (Lipinski definition) is 5. The third kappa shape index (κ3) is 5.24. The molecule has 0 radical (unpaired) electrons. The zero-order valence-electron chi connectivity index (χ0n) is 18.9. The van der Waals surface area contributed by atoms with Gasteiger partial charge >= 0.3 is 0 Å². The van der Waals surface area contributed by atoms with E-state index in [0.29, 0.717) is 13.0 Å². The molecule has 1 N–H and O–H groups in total. The number of amides is 3. The molecule has 176 valence electrons. The Hall–Kier alpha value is -3.20. The monoisotopic (exact) mass is 471 g/mol. The molecule has 1 heterocycles. The summed E-state index contributed by atoms with van der Waals surface area (Å²) < 4.78 is 26.3. The van der Waals surface area contributed by atoms with Gasteiger partial charge in [0.25, 0.3) is 15.9 Å².